The van der Waals surface area contributed by atoms with Gasteiger partial charge in [0.1, 0.15) is 0 Å². The van der Waals surface area contributed by atoms with Gasteiger partial charge >= 0.3 is 0 Å². The summed E-state index contributed by atoms with van der Waals surface area (Å²) in [5.41, 5.74) is 4.50. The van der Waals surface area contributed by atoms with Gasteiger partial charge in [-0.25, -0.2) is 0 Å². The minimum absolute atomic E-state index is 0.356. The molecule has 3 aromatic rings. The van der Waals surface area contributed by atoms with E-state index in [0.29, 0.717) is 6.42 Å². The molecule has 126 valence electrons. The Labute approximate surface area is 155 Å². The maximum absolute atomic E-state index is 9.59. The molecule has 0 aromatic heterocycles. The van der Waals surface area contributed by atoms with Crippen molar-refractivity contribution in [3.05, 3.63) is 107 Å². The predicted molar refractivity (Wildman–Crippen MR) is 103 cm³/mol. The quantitative estimate of drug-likeness (QED) is 0.661. The summed E-state index contributed by atoms with van der Waals surface area (Å²) in [6.45, 7) is 0. The van der Waals surface area contributed by atoms with Crippen LogP contribution in [0.15, 0.2) is 84.9 Å². The predicted octanol–water partition coefficient (Wildman–Crippen LogP) is 5.00. The number of hydrogen-bond acceptors (Lipinski definition) is 2. The molecule has 2 nitrogen and oxygen atoms in total. The number of fused-ring (bicyclic) bond motifs is 1. The van der Waals surface area contributed by atoms with Crippen LogP contribution >= 0.6 is 0 Å². The molecule has 2 heteroatoms. The number of rotatable bonds is 2. The van der Waals surface area contributed by atoms with Gasteiger partial charge in [0.15, 0.2) is 0 Å². The second-order valence-corrected chi connectivity index (χ2v) is 6.50. The van der Waals surface area contributed by atoms with Crippen LogP contribution in [0.3, 0.4) is 0 Å². The minimum atomic E-state index is -0.356. The fraction of sp³-hybridized carbons (Fsp3) is 0.167. The summed E-state index contributed by atoms with van der Waals surface area (Å²) < 4.78 is 0. The third-order valence-electron chi connectivity index (χ3n) is 4.77. The number of nitriles is 2. The molecule has 0 N–H and O–H groups in total. The van der Waals surface area contributed by atoms with Gasteiger partial charge in [-0.3, -0.25) is 0 Å². The topological polar surface area (TPSA) is 47.6 Å². The van der Waals surface area contributed by atoms with Crippen molar-refractivity contribution < 1.29 is 0 Å². The summed E-state index contributed by atoms with van der Waals surface area (Å²) in [7, 11) is 0. The van der Waals surface area contributed by atoms with Crippen molar-refractivity contribution in [1.29, 1.82) is 10.5 Å². The van der Waals surface area contributed by atoms with Gasteiger partial charge in [-0.05, 0) is 35.1 Å². The van der Waals surface area contributed by atoms with Crippen molar-refractivity contribution in [2.24, 2.45) is 0 Å². The monoisotopic (exact) mass is 336 g/mol. The molecule has 0 unspecified atom stereocenters. The molecule has 1 aliphatic carbocycles. The first kappa shape index (κ1) is 17.5. The van der Waals surface area contributed by atoms with Crippen LogP contribution in [0.4, 0.5) is 0 Å². The standard InChI is InChI=1S/C16H13N.C8H7N/c17-12-16(15-8-2-1-3-9-15)10-13-6-4-5-7-14(13)11-16;9-7-6-8-4-2-1-3-5-8/h1-9H,10-11H2;1-5H,6H2. The fourth-order valence-corrected chi connectivity index (χ4v) is 3.41. The van der Waals surface area contributed by atoms with Crippen LogP contribution in [0.2, 0.25) is 0 Å². The first-order chi connectivity index (χ1) is 12.8. The zero-order valence-electron chi connectivity index (χ0n) is 14.6. The van der Waals surface area contributed by atoms with Gasteiger partial charge in [-0.2, -0.15) is 10.5 Å². The zero-order valence-corrected chi connectivity index (χ0v) is 14.6. The lowest BCUT2D eigenvalue weighted by molar-refractivity contribution is 0.587. The first-order valence-electron chi connectivity index (χ1n) is 8.72. The van der Waals surface area contributed by atoms with E-state index in [2.05, 4.69) is 48.5 Å². The maximum atomic E-state index is 9.59. The molecule has 0 saturated carbocycles. The van der Waals surface area contributed by atoms with E-state index in [1.807, 2.05) is 48.5 Å². The van der Waals surface area contributed by atoms with Crippen LogP contribution in [0, 0.1) is 22.7 Å². The minimum Gasteiger partial charge on any atom is -0.198 e. The van der Waals surface area contributed by atoms with Crippen molar-refractivity contribution >= 4 is 0 Å². The van der Waals surface area contributed by atoms with Crippen LogP contribution in [0.1, 0.15) is 22.3 Å². The molecule has 26 heavy (non-hydrogen) atoms. The van der Waals surface area contributed by atoms with Gasteiger partial charge in [-0.15, -0.1) is 0 Å². The van der Waals surface area contributed by atoms with Crippen LogP contribution in [0.5, 0.6) is 0 Å². The molecule has 0 heterocycles. The van der Waals surface area contributed by atoms with Gasteiger partial charge in [0.25, 0.3) is 0 Å². The van der Waals surface area contributed by atoms with Gasteiger partial charge in [-0.1, -0.05) is 84.9 Å². The van der Waals surface area contributed by atoms with Crippen LogP contribution in [0.25, 0.3) is 0 Å². The lowest BCUT2D eigenvalue weighted by atomic mass is 9.79. The van der Waals surface area contributed by atoms with Crippen LogP contribution < -0.4 is 0 Å². The molecule has 0 fully saturated rings. The van der Waals surface area contributed by atoms with Crippen LogP contribution in [-0.2, 0) is 24.7 Å². The first-order valence-corrected chi connectivity index (χ1v) is 8.72. The highest BCUT2D eigenvalue weighted by Crippen LogP contribution is 2.39. The number of hydrogen-bond donors (Lipinski definition) is 0. The van der Waals surface area contributed by atoms with Crippen molar-refractivity contribution in [3.8, 4) is 12.1 Å². The Morgan fingerprint density at radius 1 is 0.692 bits per heavy atom. The lowest BCUT2D eigenvalue weighted by Crippen LogP contribution is -2.24. The van der Waals surface area contributed by atoms with Gasteiger partial charge in [0.05, 0.1) is 24.0 Å². The fourth-order valence-electron chi connectivity index (χ4n) is 3.41. The van der Waals surface area contributed by atoms with Crippen LogP contribution in [-0.4, -0.2) is 0 Å². The molecule has 0 saturated heterocycles. The third-order valence-corrected chi connectivity index (χ3v) is 4.77. The van der Waals surface area contributed by atoms with Crippen molar-refractivity contribution in [2.45, 2.75) is 24.7 Å². The Balaban J connectivity index is 0.000000185. The number of nitrogens with zero attached hydrogens (tertiary/aromatic N) is 2. The average Bonchev–Trinajstić information content (AvgIpc) is 3.10. The highest BCUT2D eigenvalue weighted by molar-refractivity contribution is 5.46. The zero-order chi connectivity index (χ0) is 18.2. The van der Waals surface area contributed by atoms with E-state index < -0.39 is 0 Å². The maximum Gasteiger partial charge on any atom is 0.0902 e. The summed E-state index contributed by atoms with van der Waals surface area (Å²) in [5.74, 6) is 0. The largest absolute Gasteiger partial charge is 0.198 e. The Morgan fingerprint density at radius 2 is 1.19 bits per heavy atom. The van der Waals surface area contributed by atoms with Gasteiger partial charge in [0.2, 0.25) is 0 Å². The van der Waals surface area contributed by atoms with E-state index in [-0.39, 0.29) is 5.41 Å². The van der Waals surface area contributed by atoms with Gasteiger partial charge in [0, 0.05) is 0 Å². The molecule has 0 atom stereocenters. The van der Waals surface area contributed by atoms with E-state index in [9.17, 15) is 5.26 Å². The number of benzene rings is 3. The summed E-state index contributed by atoms with van der Waals surface area (Å²) in [4.78, 5) is 0. The third kappa shape index (κ3) is 3.82. The highest BCUT2D eigenvalue weighted by Gasteiger charge is 2.38. The molecule has 3 aromatic carbocycles. The normalized spacial score (nSPS) is 13.5. The Morgan fingerprint density at radius 3 is 1.69 bits per heavy atom. The summed E-state index contributed by atoms with van der Waals surface area (Å²) >= 11 is 0. The molecule has 0 spiro atoms. The Bertz CT molecular complexity index is 906. The SMILES string of the molecule is N#CC1(c2ccccc2)Cc2ccccc2C1.N#CCc1ccccc1. The van der Waals surface area contributed by atoms with Crippen molar-refractivity contribution in [1.82, 2.24) is 0 Å². The van der Waals surface area contributed by atoms with E-state index in [4.69, 9.17) is 5.26 Å². The van der Waals surface area contributed by atoms with Crippen molar-refractivity contribution in [3.63, 3.8) is 0 Å². The van der Waals surface area contributed by atoms with E-state index in [1.165, 1.54) is 11.1 Å². The van der Waals surface area contributed by atoms with Gasteiger partial charge < -0.3 is 0 Å². The van der Waals surface area contributed by atoms with Crippen molar-refractivity contribution in [2.75, 3.05) is 0 Å². The summed E-state index contributed by atoms with van der Waals surface area (Å²) in [5, 5.41) is 17.9. The molecule has 0 radical (unpaired) electrons. The molecule has 0 amide bonds. The smallest absolute Gasteiger partial charge is 0.0902 e. The molecule has 0 bridgehead atoms. The molecule has 1 aliphatic rings. The van der Waals surface area contributed by atoms with E-state index >= 15 is 0 Å². The second-order valence-electron chi connectivity index (χ2n) is 6.50. The lowest BCUT2D eigenvalue weighted by Gasteiger charge is -2.20. The molecule has 4 rings (SSSR count). The summed E-state index contributed by atoms with van der Waals surface area (Å²) in [6, 6.07) is 32.9. The van der Waals surface area contributed by atoms with E-state index in [0.717, 1.165) is 24.0 Å². The molecular formula is C24H20N2. The average molecular weight is 336 g/mol. The second kappa shape index (κ2) is 8.15. The Hall–Kier alpha value is -3.36. The summed E-state index contributed by atoms with van der Waals surface area (Å²) in [6.07, 6.45) is 2.19. The Kier molecular flexibility index (Phi) is 5.47. The molecular weight excluding hydrogens is 316 g/mol. The highest BCUT2D eigenvalue weighted by atomic mass is 14.4. The van der Waals surface area contributed by atoms with E-state index in [1.54, 1.807) is 0 Å². The molecule has 0 aliphatic heterocycles.